The molecule has 0 fully saturated rings. The second-order valence-electron chi connectivity index (χ2n) is 19.8. The Morgan fingerprint density at radius 2 is 0.976 bits per heavy atom. The molecule has 0 atom stereocenters. The van der Waals surface area contributed by atoms with Gasteiger partial charge in [-0.1, -0.05) is 110 Å². The Morgan fingerprint density at radius 1 is 0.553 bits per heavy atom. The van der Waals surface area contributed by atoms with Gasteiger partial charge in [-0.05, 0) is 84.8 Å². The number of hydrogen-bond acceptors (Lipinski definition) is 8. The van der Waals surface area contributed by atoms with E-state index in [2.05, 4.69) is 147 Å². The van der Waals surface area contributed by atoms with Gasteiger partial charge in [0.15, 0.2) is 0 Å². The van der Waals surface area contributed by atoms with E-state index in [1.807, 2.05) is 36.9 Å². The van der Waals surface area contributed by atoms with Gasteiger partial charge in [-0.25, -0.2) is 4.39 Å². The van der Waals surface area contributed by atoms with Gasteiger partial charge in [-0.15, -0.1) is 89.1 Å². The zero-order valence-corrected chi connectivity index (χ0v) is 54.2. The summed E-state index contributed by atoms with van der Waals surface area (Å²) in [6, 6.07) is 54.9. The molecule has 6 heterocycles. The number of nitrogens with zero attached hydrogens (tertiary/aromatic N) is 6. The summed E-state index contributed by atoms with van der Waals surface area (Å²) in [7, 11) is -6.49. The number of aliphatic hydroxyl groups excluding tert-OH is 2. The van der Waals surface area contributed by atoms with Crippen molar-refractivity contribution in [2.24, 2.45) is 0 Å². The van der Waals surface area contributed by atoms with Gasteiger partial charge in [0, 0.05) is 121 Å². The molecule has 11 nitrogen and oxygen atoms in total. The van der Waals surface area contributed by atoms with Gasteiger partial charge in [0.1, 0.15) is 5.82 Å². The summed E-state index contributed by atoms with van der Waals surface area (Å²) >= 11 is 0. The molecule has 0 bridgehead atoms. The van der Waals surface area contributed by atoms with Crippen molar-refractivity contribution in [3.05, 3.63) is 218 Å². The van der Waals surface area contributed by atoms with Crippen molar-refractivity contribution in [2.45, 2.75) is 65.9 Å². The van der Waals surface area contributed by atoms with Crippen LogP contribution in [-0.4, -0.2) is 87.8 Å². The molecule has 12 aromatic rings. The van der Waals surface area contributed by atoms with Crippen LogP contribution < -0.4 is 10.4 Å². The maximum Gasteiger partial charge on any atom is 0.522 e. The fourth-order valence-electron chi connectivity index (χ4n) is 8.28. The number of aromatic nitrogens is 6. The standard InChI is InChI=1S/2C18H17N2Si.C12H10FN.C12H9FN.CHF3O3S.2CH4O.CH4.2Ir/c2*1-21(2,3)13-8-9-17-16(12-13)14-6-4-5-7-15(14)18-19-10-11-20(17)18;2*1-9-3-2-4-12(14-9)10-5-7-11(13)8-6-10;2-1(3,4)8(5,6)7;2*1-2;;;/h2*4-6,8-12H,1-3H3;2-8H,1H3;2-5,7-8H,1H3;(H,5,6,7);2*2H,1H3;1H4;;/q2*-1;;-1;;;;;;/i;;2*1D3;;;;;;. The van der Waals surface area contributed by atoms with Crippen LogP contribution in [-0.2, 0) is 50.3 Å². The van der Waals surface area contributed by atoms with Gasteiger partial charge in [-0.3, -0.25) is 23.9 Å². The average Bonchev–Trinajstić information content (AvgIpc) is 1.75. The summed E-state index contributed by atoms with van der Waals surface area (Å²) in [6.45, 7) is 9.86. The van der Waals surface area contributed by atoms with E-state index < -0.39 is 45.5 Å². The Balaban J connectivity index is 0.000000297. The van der Waals surface area contributed by atoms with E-state index in [9.17, 15) is 22.0 Å². The number of imidazole rings is 2. The molecule has 6 aromatic heterocycles. The Kier molecular flexibility index (Phi) is 23.3. The molecule has 85 heavy (non-hydrogen) atoms. The first-order valence-electron chi connectivity index (χ1n) is 28.0. The predicted molar refractivity (Wildman–Crippen MR) is 332 cm³/mol. The van der Waals surface area contributed by atoms with E-state index in [1.54, 1.807) is 36.4 Å². The van der Waals surface area contributed by atoms with Crippen molar-refractivity contribution in [1.82, 2.24) is 28.7 Å². The van der Waals surface area contributed by atoms with Crippen molar-refractivity contribution in [1.29, 1.82) is 0 Å². The summed E-state index contributed by atoms with van der Waals surface area (Å²) in [6.07, 6.45) is 7.79. The van der Waals surface area contributed by atoms with Crippen molar-refractivity contribution >= 4 is 91.3 Å². The van der Waals surface area contributed by atoms with Gasteiger partial charge in [-0.2, -0.15) is 21.6 Å². The molecule has 0 saturated carbocycles. The fourth-order valence-corrected chi connectivity index (χ4v) is 10.6. The molecule has 0 spiro atoms. The normalized spacial score (nSPS) is 12.3. The van der Waals surface area contributed by atoms with Crippen LogP contribution in [0.1, 0.15) is 27.0 Å². The van der Waals surface area contributed by atoms with E-state index in [1.165, 1.54) is 85.4 Å². The number of alkyl halides is 3. The average molecular weight is 1570 g/mol. The van der Waals surface area contributed by atoms with Crippen LogP contribution >= 0.6 is 0 Å². The molecule has 2 radical (unpaired) electrons. The smallest absolute Gasteiger partial charge is 0.400 e. The van der Waals surface area contributed by atoms with Gasteiger partial charge in [0.2, 0.25) is 0 Å². The van der Waals surface area contributed by atoms with E-state index in [4.69, 9.17) is 31.4 Å². The topological polar surface area (TPSA) is 155 Å². The first kappa shape index (κ1) is 62.8. The molecule has 21 heteroatoms. The molecule has 0 amide bonds. The van der Waals surface area contributed by atoms with Gasteiger partial charge in [0.05, 0.1) is 33.1 Å². The van der Waals surface area contributed by atoms with Crippen LogP contribution in [0.3, 0.4) is 0 Å². The minimum atomic E-state index is -5.84. The minimum Gasteiger partial charge on any atom is -0.400 e. The molecule has 0 saturated heterocycles. The first-order chi connectivity index (χ1) is 41.3. The second kappa shape index (κ2) is 31.6. The molecule has 0 aliphatic carbocycles. The van der Waals surface area contributed by atoms with Crippen LogP contribution in [0.4, 0.5) is 22.0 Å². The molecule has 3 N–H and O–H groups in total. The third-order valence-electron chi connectivity index (χ3n) is 12.2. The number of rotatable bonds is 4. The third kappa shape index (κ3) is 18.4. The Morgan fingerprint density at radius 3 is 1.38 bits per heavy atom. The largest absolute Gasteiger partial charge is 0.522 e. The maximum absolute atomic E-state index is 12.8. The number of aryl methyl sites for hydroxylation is 2. The van der Waals surface area contributed by atoms with Crippen LogP contribution in [0.5, 0.6) is 0 Å². The van der Waals surface area contributed by atoms with Crippen molar-refractivity contribution < 1.29 is 93.6 Å². The first-order valence-corrected chi connectivity index (χ1v) is 33.4. The minimum absolute atomic E-state index is 0. The number of hydrogen-bond donors (Lipinski definition) is 3. The van der Waals surface area contributed by atoms with Crippen LogP contribution in [0, 0.1) is 43.5 Å². The predicted octanol–water partition coefficient (Wildman–Crippen LogP) is 14.4. The van der Waals surface area contributed by atoms with Crippen LogP contribution in [0.25, 0.3) is 77.2 Å². The summed E-state index contributed by atoms with van der Waals surface area (Å²) in [5, 5.41) is 24.3. The summed E-state index contributed by atoms with van der Waals surface area (Å²) in [4.78, 5) is 17.1. The zero-order valence-electron chi connectivity index (χ0n) is 52.5. The number of pyridine rings is 4. The number of aliphatic hydroxyl groups is 2. The number of halogens is 5. The number of fused-ring (bicyclic) bond motifs is 12. The van der Waals surface area contributed by atoms with E-state index in [-0.39, 0.29) is 70.7 Å². The maximum atomic E-state index is 12.8. The van der Waals surface area contributed by atoms with Crippen molar-refractivity contribution in [3.63, 3.8) is 0 Å². The Labute approximate surface area is 530 Å². The molecular formula is C64H66F5Ir2N6O5SSi2-3. The van der Waals surface area contributed by atoms with Gasteiger partial charge < -0.3 is 24.0 Å². The molecule has 0 aliphatic rings. The molecule has 452 valence electrons. The third-order valence-corrected chi connectivity index (χ3v) is 16.9. The van der Waals surface area contributed by atoms with Crippen LogP contribution in [0.15, 0.2) is 176 Å². The van der Waals surface area contributed by atoms with E-state index in [0.717, 1.165) is 36.3 Å². The van der Waals surface area contributed by atoms with Crippen LogP contribution in [0.2, 0.25) is 39.3 Å². The number of benzene rings is 6. The second-order valence-corrected chi connectivity index (χ2v) is 31.4. The molecule has 6 aromatic carbocycles. The fraction of sp³-hybridized carbons (Fsp3) is 0.188. The monoisotopic (exact) mass is 1570 g/mol. The molecule has 12 rings (SSSR count). The summed E-state index contributed by atoms with van der Waals surface area (Å²) in [5.41, 5.74) is 1.19. The zero-order chi connectivity index (χ0) is 65.2. The summed E-state index contributed by atoms with van der Waals surface area (Å²) in [5.74, 6) is -0.721. The van der Waals surface area contributed by atoms with E-state index in [0.29, 0.717) is 22.5 Å². The Hall–Kier alpha value is -6.75. The quantitative estimate of drug-likeness (QED) is 0.0390. The van der Waals surface area contributed by atoms with Crippen molar-refractivity contribution in [3.8, 4) is 22.5 Å². The van der Waals surface area contributed by atoms with Crippen molar-refractivity contribution in [2.75, 3.05) is 14.2 Å². The molecule has 0 unspecified atom stereocenters. The van der Waals surface area contributed by atoms with Gasteiger partial charge in [0.25, 0.3) is 0 Å². The summed E-state index contributed by atoms with van der Waals surface area (Å²) < 4.78 is 131. The van der Waals surface area contributed by atoms with Gasteiger partial charge >= 0.3 is 15.6 Å². The molecular weight excluding hydrogens is 1500 g/mol. The molecule has 0 aliphatic heterocycles. The van der Waals surface area contributed by atoms with E-state index >= 15 is 0 Å². The Bertz CT molecular complexity index is 4200. The SMILES string of the molecule is C.CO.CO.C[Si](C)(C)c1ccc2c(c1)c1ccc[c-]c1c1nccn21.C[Si](C)(C)c1ccc2c(c1)c1ccc[c-]c1c1nccn21.O=S(=O)(O)C(F)(F)F.[2H]C([2H])([2H])c1cccc(-c2[c-]cc(F)cc2)n1.[2H]C([2H])([2H])c1cccc(-c2ccc(F)cc2)n1.[Ir].[Ir].